The number of carbonyl (C=O) groups is 1. The number of hydrogen-bond donors (Lipinski definition) is 0. The summed E-state index contributed by atoms with van der Waals surface area (Å²) in [6.45, 7) is 0. The molecule has 0 N–H and O–H groups in total. The van der Waals surface area contributed by atoms with Gasteiger partial charge in [0, 0.05) is 9.85 Å². The molecule has 0 aliphatic carbocycles. The van der Waals surface area contributed by atoms with E-state index in [-0.39, 0.29) is 5.70 Å². The van der Waals surface area contributed by atoms with E-state index in [4.69, 9.17) is 4.74 Å². The first-order chi connectivity index (χ1) is 9.24. The van der Waals surface area contributed by atoms with Crippen LogP contribution in [0.3, 0.4) is 0 Å². The number of halogens is 1. The minimum Gasteiger partial charge on any atom is -0.402 e. The predicted molar refractivity (Wildman–Crippen MR) is 76.9 cm³/mol. The number of ether oxygens (including phenoxy) is 1. The molecule has 19 heavy (non-hydrogen) atoms. The molecule has 0 radical (unpaired) electrons. The maximum absolute atomic E-state index is 11.8. The van der Waals surface area contributed by atoms with Crippen LogP contribution < -0.4 is 0 Å². The Balaban J connectivity index is 1.98. The average Bonchev–Trinajstić information content (AvgIpc) is 3.02. The van der Waals surface area contributed by atoms with E-state index < -0.39 is 5.97 Å². The van der Waals surface area contributed by atoms with Gasteiger partial charge in [0.1, 0.15) is 0 Å². The van der Waals surface area contributed by atoms with E-state index >= 15 is 0 Å². The van der Waals surface area contributed by atoms with E-state index in [1.807, 2.05) is 29.6 Å². The van der Waals surface area contributed by atoms with Gasteiger partial charge in [0.2, 0.25) is 5.90 Å². The highest BCUT2D eigenvalue weighted by atomic mass is 79.9. The van der Waals surface area contributed by atoms with Crippen molar-refractivity contribution >= 4 is 45.2 Å². The zero-order chi connectivity index (χ0) is 13.2. The van der Waals surface area contributed by atoms with E-state index in [1.165, 1.54) is 11.3 Å². The quantitative estimate of drug-likeness (QED) is 0.625. The summed E-state index contributed by atoms with van der Waals surface area (Å²) in [5.41, 5.74) is 3.41. The number of hydrogen-bond acceptors (Lipinski definition) is 5. The molecule has 0 saturated heterocycles. The SMILES string of the molecule is O=C1OC(c2ccccc2Br)=N/C1=C/c1cscn1. The summed E-state index contributed by atoms with van der Waals surface area (Å²) in [5.74, 6) is -0.155. The fourth-order valence-corrected chi connectivity index (χ4v) is 2.56. The second-order valence-corrected chi connectivity index (χ2v) is 5.30. The van der Waals surface area contributed by atoms with Crippen molar-refractivity contribution in [3.8, 4) is 0 Å². The van der Waals surface area contributed by atoms with Gasteiger partial charge in [-0.15, -0.1) is 11.3 Å². The number of benzene rings is 1. The molecule has 94 valence electrons. The Morgan fingerprint density at radius 3 is 2.89 bits per heavy atom. The molecule has 4 nitrogen and oxygen atoms in total. The second kappa shape index (κ2) is 5.07. The molecule has 0 amide bonds. The summed E-state index contributed by atoms with van der Waals surface area (Å²) in [6.07, 6.45) is 1.61. The Morgan fingerprint density at radius 1 is 1.32 bits per heavy atom. The molecule has 3 rings (SSSR count). The number of aliphatic imine (C=N–C) groups is 1. The monoisotopic (exact) mass is 334 g/mol. The lowest BCUT2D eigenvalue weighted by atomic mass is 10.2. The number of rotatable bonds is 2. The van der Waals surface area contributed by atoms with Crippen LogP contribution in [0, 0.1) is 0 Å². The topological polar surface area (TPSA) is 51.5 Å². The molecule has 1 aliphatic rings. The smallest absolute Gasteiger partial charge is 0.363 e. The maximum atomic E-state index is 11.8. The highest BCUT2D eigenvalue weighted by molar-refractivity contribution is 9.10. The van der Waals surface area contributed by atoms with Crippen LogP contribution in [-0.2, 0) is 9.53 Å². The Kier molecular flexibility index (Phi) is 3.27. The summed E-state index contributed by atoms with van der Waals surface area (Å²) in [4.78, 5) is 20.1. The van der Waals surface area contributed by atoms with E-state index in [1.54, 1.807) is 11.6 Å². The van der Waals surface area contributed by atoms with Crippen molar-refractivity contribution in [1.29, 1.82) is 0 Å². The average molecular weight is 335 g/mol. The number of cyclic esters (lactones) is 1. The summed E-state index contributed by atoms with van der Waals surface area (Å²) in [7, 11) is 0. The third-order valence-electron chi connectivity index (χ3n) is 2.46. The summed E-state index contributed by atoms with van der Waals surface area (Å²) >= 11 is 4.86. The molecule has 1 aromatic heterocycles. The van der Waals surface area contributed by atoms with Gasteiger partial charge in [0.25, 0.3) is 0 Å². The first-order valence-electron chi connectivity index (χ1n) is 5.40. The van der Waals surface area contributed by atoms with Crippen molar-refractivity contribution in [2.75, 3.05) is 0 Å². The fraction of sp³-hybridized carbons (Fsp3) is 0. The minimum absolute atomic E-state index is 0.261. The van der Waals surface area contributed by atoms with E-state index in [9.17, 15) is 4.79 Å². The number of thiazole rings is 1. The highest BCUT2D eigenvalue weighted by Gasteiger charge is 2.25. The second-order valence-electron chi connectivity index (χ2n) is 3.73. The van der Waals surface area contributed by atoms with Crippen LogP contribution in [0.5, 0.6) is 0 Å². The number of esters is 1. The van der Waals surface area contributed by atoms with Crippen LogP contribution >= 0.6 is 27.3 Å². The van der Waals surface area contributed by atoms with Gasteiger partial charge in [-0.25, -0.2) is 14.8 Å². The number of aromatic nitrogens is 1. The van der Waals surface area contributed by atoms with Crippen LogP contribution in [0.15, 0.2) is 50.3 Å². The lowest BCUT2D eigenvalue weighted by molar-refractivity contribution is -0.129. The minimum atomic E-state index is -0.459. The first-order valence-corrected chi connectivity index (χ1v) is 7.13. The van der Waals surface area contributed by atoms with Crippen molar-refractivity contribution < 1.29 is 9.53 Å². The van der Waals surface area contributed by atoms with Gasteiger partial charge in [-0.2, -0.15) is 0 Å². The summed E-state index contributed by atoms with van der Waals surface area (Å²) in [6, 6.07) is 7.45. The molecule has 2 aromatic rings. The molecular formula is C13H7BrN2O2S. The molecular weight excluding hydrogens is 328 g/mol. The fourth-order valence-electron chi connectivity index (χ4n) is 1.59. The van der Waals surface area contributed by atoms with Crippen LogP contribution in [0.25, 0.3) is 6.08 Å². The van der Waals surface area contributed by atoms with E-state index in [0.29, 0.717) is 11.6 Å². The van der Waals surface area contributed by atoms with Gasteiger partial charge in [0.05, 0.1) is 16.8 Å². The van der Waals surface area contributed by atoms with Crippen LogP contribution in [0.2, 0.25) is 0 Å². The van der Waals surface area contributed by atoms with E-state index in [2.05, 4.69) is 25.9 Å². The lowest BCUT2D eigenvalue weighted by Crippen LogP contribution is -2.05. The molecule has 6 heteroatoms. The highest BCUT2D eigenvalue weighted by Crippen LogP contribution is 2.23. The van der Waals surface area contributed by atoms with Gasteiger partial charge < -0.3 is 4.74 Å². The Labute approximate surface area is 121 Å². The molecule has 0 bridgehead atoms. The largest absolute Gasteiger partial charge is 0.402 e. The van der Waals surface area contributed by atoms with Gasteiger partial charge in [-0.3, -0.25) is 0 Å². The number of nitrogens with zero attached hydrogens (tertiary/aromatic N) is 2. The molecule has 0 atom stereocenters. The third-order valence-corrected chi connectivity index (χ3v) is 3.76. The molecule has 2 heterocycles. The van der Waals surface area contributed by atoms with Crippen molar-refractivity contribution in [2.45, 2.75) is 0 Å². The maximum Gasteiger partial charge on any atom is 0.363 e. The molecule has 0 fully saturated rings. The normalized spacial score (nSPS) is 16.6. The van der Waals surface area contributed by atoms with Crippen LogP contribution in [-0.4, -0.2) is 16.9 Å². The molecule has 0 saturated carbocycles. The molecule has 0 spiro atoms. The van der Waals surface area contributed by atoms with Crippen molar-refractivity contribution in [2.24, 2.45) is 4.99 Å². The third kappa shape index (κ3) is 2.50. The first kappa shape index (κ1) is 12.3. The number of carbonyl (C=O) groups excluding carboxylic acids is 1. The Hall–Kier alpha value is -1.79. The Morgan fingerprint density at radius 2 is 2.16 bits per heavy atom. The van der Waals surface area contributed by atoms with Crippen molar-refractivity contribution in [3.05, 3.63) is 56.6 Å². The summed E-state index contributed by atoms with van der Waals surface area (Å²) < 4.78 is 6.01. The molecule has 0 unspecified atom stereocenters. The summed E-state index contributed by atoms with van der Waals surface area (Å²) in [5, 5.41) is 1.84. The van der Waals surface area contributed by atoms with Crippen molar-refractivity contribution in [3.63, 3.8) is 0 Å². The Bertz CT molecular complexity index is 692. The zero-order valence-corrected chi connectivity index (χ0v) is 11.9. The van der Waals surface area contributed by atoms with Gasteiger partial charge in [-0.05, 0) is 34.1 Å². The standard InChI is InChI=1S/C13H7BrN2O2S/c14-10-4-2-1-3-9(10)12-16-11(13(17)18-12)5-8-6-19-7-15-8/h1-7H/b11-5+. The molecule has 1 aliphatic heterocycles. The van der Waals surface area contributed by atoms with Gasteiger partial charge in [-0.1, -0.05) is 12.1 Å². The molecule has 1 aromatic carbocycles. The predicted octanol–water partition coefficient (Wildman–Crippen LogP) is 3.25. The van der Waals surface area contributed by atoms with Crippen molar-refractivity contribution in [1.82, 2.24) is 4.98 Å². The van der Waals surface area contributed by atoms with Gasteiger partial charge >= 0.3 is 5.97 Å². The lowest BCUT2D eigenvalue weighted by Gasteiger charge is -2.01. The zero-order valence-electron chi connectivity index (χ0n) is 9.54. The van der Waals surface area contributed by atoms with Crippen LogP contribution in [0.1, 0.15) is 11.3 Å². The van der Waals surface area contributed by atoms with E-state index in [0.717, 1.165) is 10.0 Å². The van der Waals surface area contributed by atoms with Gasteiger partial charge in [0.15, 0.2) is 5.70 Å². The van der Waals surface area contributed by atoms with Crippen LogP contribution in [0.4, 0.5) is 0 Å².